The Morgan fingerprint density at radius 2 is 2.62 bits per heavy atom. The molecule has 44 valence electrons. The first-order valence-electron chi connectivity index (χ1n) is 3.27. The van der Waals surface area contributed by atoms with Crippen molar-refractivity contribution in [1.29, 1.82) is 0 Å². The Morgan fingerprint density at radius 1 is 1.62 bits per heavy atom. The van der Waals surface area contributed by atoms with E-state index in [1.54, 1.807) is 0 Å². The predicted octanol–water partition coefficient (Wildman–Crippen LogP) is -1.87. The molecule has 2 nitrogen and oxygen atoms in total. The van der Waals surface area contributed by atoms with Crippen LogP contribution in [-0.2, 0) is 0 Å². The second-order valence-electron chi connectivity index (χ2n) is 2.59. The maximum atomic E-state index is 3.42. The summed E-state index contributed by atoms with van der Waals surface area (Å²) in [6.07, 6.45) is 3.56. The summed E-state index contributed by atoms with van der Waals surface area (Å²) >= 11 is 0. The maximum absolute atomic E-state index is 3.42. The van der Waals surface area contributed by atoms with Crippen molar-refractivity contribution in [1.82, 2.24) is 5.32 Å². The number of nitrogens with one attached hydrogen (secondary N) is 2. The topological polar surface area (TPSA) is 26.0 Å². The second-order valence-corrected chi connectivity index (χ2v) is 2.59. The average Bonchev–Trinajstić information content (AvgIpc) is 2.15. The van der Waals surface area contributed by atoms with Crippen LogP contribution >= 0.6 is 0 Å². The fourth-order valence-electron chi connectivity index (χ4n) is 1.56. The molecule has 0 saturated carbocycles. The van der Waals surface area contributed by atoms with Crippen LogP contribution in [0.4, 0.5) is 0 Å². The van der Waals surface area contributed by atoms with E-state index >= 15 is 0 Å². The van der Waals surface area contributed by atoms with Crippen LogP contribution in [0.3, 0.4) is 0 Å². The zero-order valence-corrected chi connectivity index (χ0v) is 4.85. The first-order valence-corrected chi connectivity index (χ1v) is 3.27. The highest BCUT2D eigenvalue weighted by Gasteiger charge is 2.32. The van der Waals surface area contributed by atoms with Crippen LogP contribution in [0.2, 0.25) is 0 Å². The summed E-state index contributed by atoms with van der Waals surface area (Å²) in [5, 5.41) is 3.42. The minimum Gasteiger partial charge on any atom is -0.308 e. The number of rotatable bonds is 0. The standard InChI is InChI=1S/C6H10N2/c1-2-8-6-4-7-3-5(1)6/h3,5-6,8H,1-2,4H2/p+1. The Morgan fingerprint density at radius 3 is 3.50 bits per heavy atom. The van der Waals surface area contributed by atoms with Gasteiger partial charge >= 0.3 is 0 Å². The van der Waals surface area contributed by atoms with E-state index in [0.29, 0.717) is 0 Å². The van der Waals surface area contributed by atoms with Gasteiger partial charge in [-0.2, -0.15) is 0 Å². The molecule has 0 aromatic rings. The Balaban J connectivity index is 2.13. The molecule has 0 radical (unpaired) electrons. The molecule has 2 N–H and O–H groups in total. The summed E-state index contributed by atoms with van der Waals surface area (Å²) in [7, 11) is 0. The summed E-state index contributed by atoms with van der Waals surface area (Å²) < 4.78 is 0. The van der Waals surface area contributed by atoms with Crippen LogP contribution in [-0.4, -0.2) is 25.3 Å². The molecule has 0 spiro atoms. The van der Waals surface area contributed by atoms with Crippen LogP contribution in [0.5, 0.6) is 0 Å². The van der Waals surface area contributed by atoms with Crippen molar-refractivity contribution in [2.24, 2.45) is 5.92 Å². The highest BCUT2D eigenvalue weighted by Crippen LogP contribution is 2.11. The van der Waals surface area contributed by atoms with Crippen molar-refractivity contribution in [3.63, 3.8) is 0 Å². The normalized spacial score (nSPS) is 43.0. The van der Waals surface area contributed by atoms with E-state index in [4.69, 9.17) is 0 Å². The Bertz CT molecular complexity index is 120. The molecule has 2 aliphatic rings. The lowest BCUT2D eigenvalue weighted by Gasteiger charge is -1.98. The van der Waals surface area contributed by atoms with Gasteiger partial charge in [0.05, 0.1) is 12.0 Å². The first kappa shape index (κ1) is 4.50. The monoisotopic (exact) mass is 111 g/mol. The van der Waals surface area contributed by atoms with Gasteiger partial charge in [0.1, 0.15) is 6.21 Å². The summed E-state index contributed by atoms with van der Waals surface area (Å²) in [6, 6.07) is 0.759. The third-order valence-corrected chi connectivity index (χ3v) is 2.07. The molecule has 0 amide bonds. The van der Waals surface area contributed by atoms with E-state index in [9.17, 15) is 0 Å². The smallest absolute Gasteiger partial charge is 0.156 e. The molecule has 2 unspecified atom stereocenters. The number of hydrogen-bond acceptors (Lipinski definition) is 1. The van der Waals surface area contributed by atoms with Gasteiger partial charge in [0.15, 0.2) is 6.54 Å². The molecular formula is C6H11N2+. The molecule has 2 aliphatic heterocycles. The third-order valence-electron chi connectivity index (χ3n) is 2.07. The van der Waals surface area contributed by atoms with Gasteiger partial charge in [-0.05, 0) is 13.0 Å². The van der Waals surface area contributed by atoms with Crippen molar-refractivity contribution in [3.05, 3.63) is 0 Å². The molecule has 2 rings (SSSR count). The fraction of sp³-hybridized carbons (Fsp3) is 0.833. The number of fused-ring (bicyclic) bond motifs is 1. The van der Waals surface area contributed by atoms with E-state index in [1.807, 2.05) is 0 Å². The van der Waals surface area contributed by atoms with Crippen molar-refractivity contribution in [2.75, 3.05) is 13.1 Å². The molecule has 0 aliphatic carbocycles. The van der Waals surface area contributed by atoms with Gasteiger partial charge in [0, 0.05) is 0 Å². The lowest BCUT2D eigenvalue weighted by Crippen LogP contribution is -2.68. The molecule has 8 heavy (non-hydrogen) atoms. The molecule has 1 saturated heterocycles. The van der Waals surface area contributed by atoms with E-state index in [-0.39, 0.29) is 0 Å². The second kappa shape index (κ2) is 1.55. The van der Waals surface area contributed by atoms with Gasteiger partial charge in [0.2, 0.25) is 0 Å². The third kappa shape index (κ3) is 0.494. The molecule has 2 atom stereocenters. The minimum absolute atomic E-state index is 0.759. The van der Waals surface area contributed by atoms with Crippen LogP contribution in [0.25, 0.3) is 0 Å². The molecule has 2 heterocycles. The van der Waals surface area contributed by atoms with Gasteiger partial charge in [-0.25, -0.2) is 4.99 Å². The van der Waals surface area contributed by atoms with Gasteiger partial charge in [-0.15, -0.1) is 0 Å². The quantitative estimate of drug-likeness (QED) is 0.376. The molecule has 0 aromatic carbocycles. The van der Waals surface area contributed by atoms with Gasteiger partial charge in [-0.3, -0.25) is 0 Å². The molecule has 0 aromatic heterocycles. The summed E-state index contributed by atoms with van der Waals surface area (Å²) in [4.78, 5) is 3.24. The molecule has 0 bridgehead atoms. The van der Waals surface area contributed by atoms with Crippen molar-refractivity contribution in [3.8, 4) is 0 Å². The highest BCUT2D eigenvalue weighted by molar-refractivity contribution is 5.57. The zero-order chi connectivity index (χ0) is 5.40. The van der Waals surface area contributed by atoms with Gasteiger partial charge < -0.3 is 5.32 Å². The van der Waals surface area contributed by atoms with E-state index < -0.39 is 0 Å². The van der Waals surface area contributed by atoms with E-state index in [0.717, 1.165) is 18.5 Å². The Kier molecular flexibility index (Phi) is 0.875. The van der Waals surface area contributed by atoms with E-state index in [2.05, 4.69) is 16.5 Å². The molecular weight excluding hydrogens is 100 g/mol. The summed E-state index contributed by atoms with van der Waals surface area (Å²) in [5.74, 6) is 0.829. The van der Waals surface area contributed by atoms with Gasteiger partial charge in [0.25, 0.3) is 0 Å². The average molecular weight is 111 g/mol. The van der Waals surface area contributed by atoms with Crippen molar-refractivity contribution >= 4 is 6.21 Å². The zero-order valence-electron chi connectivity index (χ0n) is 4.85. The predicted molar refractivity (Wildman–Crippen MR) is 31.8 cm³/mol. The van der Waals surface area contributed by atoms with Crippen molar-refractivity contribution < 1.29 is 4.99 Å². The maximum Gasteiger partial charge on any atom is 0.156 e. The highest BCUT2D eigenvalue weighted by atomic mass is 15.0. The molecule has 2 heteroatoms. The van der Waals surface area contributed by atoms with Gasteiger partial charge in [-0.1, -0.05) is 0 Å². The SMILES string of the molecule is C1=[NH+]CC2NCCC12. The van der Waals surface area contributed by atoms with Crippen LogP contribution < -0.4 is 10.3 Å². The Hall–Kier alpha value is -0.370. The number of hydrogen-bond donors (Lipinski definition) is 2. The van der Waals surface area contributed by atoms with E-state index in [1.165, 1.54) is 13.0 Å². The van der Waals surface area contributed by atoms with Crippen LogP contribution in [0, 0.1) is 5.92 Å². The lowest BCUT2D eigenvalue weighted by atomic mass is 10.1. The van der Waals surface area contributed by atoms with Crippen molar-refractivity contribution in [2.45, 2.75) is 12.5 Å². The minimum atomic E-state index is 0.759. The van der Waals surface area contributed by atoms with Crippen LogP contribution in [0.15, 0.2) is 0 Å². The summed E-state index contributed by atoms with van der Waals surface area (Å²) in [5.41, 5.74) is 0. The molecule has 1 fully saturated rings. The fourth-order valence-corrected chi connectivity index (χ4v) is 1.56. The largest absolute Gasteiger partial charge is 0.308 e. The van der Waals surface area contributed by atoms with Crippen LogP contribution in [0.1, 0.15) is 6.42 Å². The first-order chi connectivity index (χ1) is 3.97. The Labute approximate surface area is 49.0 Å². The summed E-state index contributed by atoms with van der Waals surface area (Å²) in [6.45, 7) is 2.36. The lowest BCUT2D eigenvalue weighted by molar-refractivity contribution is -0.445.